The Bertz CT molecular complexity index is 642. The van der Waals surface area contributed by atoms with E-state index in [-0.39, 0.29) is 0 Å². The molecule has 19 heavy (non-hydrogen) atoms. The number of sulfone groups is 1. The van der Waals surface area contributed by atoms with Gasteiger partial charge in [0.2, 0.25) is 5.91 Å². The molecule has 1 aromatic rings. The number of hydrogen-bond acceptors (Lipinski definition) is 4. The van der Waals surface area contributed by atoms with Gasteiger partial charge in [0.1, 0.15) is 16.3 Å². The van der Waals surface area contributed by atoms with E-state index in [1.807, 2.05) is 0 Å². The lowest BCUT2D eigenvalue weighted by Gasteiger charge is -2.07. The van der Waals surface area contributed by atoms with Gasteiger partial charge in [0.15, 0.2) is 15.7 Å². The van der Waals surface area contributed by atoms with Gasteiger partial charge in [-0.2, -0.15) is 0 Å². The number of carboxylic acids is 1. The van der Waals surface area contributed by atoms with E-state index in [0.717, 1.165) is 0 Å². The van der Waals surface area contributed by atoms with Crippen molar-refractivity contribution in [2.75, 3.05) is 5.75 Å². The number of carbonyl (C=O) groups is 2. The van der Waals surface area contributed by atoms with Crippen LogP contribution >= 0.6 is 0 Å². The SMILES string of the molecule is NC(=O)CCS(=O)(=O)c1ccc(F)c(C(=O)O)c1F. The van der Waals surface area contributed by atoms with E-state index in [1.165, 1.54) is 0 Å². The molecule has 1 aromatic carbocycles. The normalized spacial score (nSPS) is 11.3. The van der Waals surface area contributed by atoms with Crippen LogP contribution in [0.15, 0.2) is 17.0 Å². The molecule has 1 rings (SSSR count). The van der Waals surface area contributed by atoms with Crippen LogP contribution < -0.4 is 5.73 Å². The number of aromatic carboxylic acids is 1. The topological polar surface area (TPSA) is 115 Å². The Balaban J connectivity index is 3.33. The number of carbonyl (C=O) groups excluding carboxylic acids is 1. The van der Waals surface area contributed by atoms with Crippen molar-refractivity contribution in [3.05, 3.63) is 29.3 Å². The summed E-state index contributed by atoms with van der Waals surface area (Å²) >= 11 is 0. The molecular weight excluding hydrogens is 284 g/mol. The summed E-state index contributed by atoms with van der Waals surface area (Å²) in [4.78, 5) is 20.2. The molecule has 1 amide bonds. The van der Waals surface area contributed by atoms with Crippen molar-refractivity contribution in [1.29, 1.82) is 0 Å². The van der Waals surface area contributed by atoms with Crippen molar-refractivity contribution in [3.63, 3.8) is 0 Å². The largest absolute Gasteiger partial charge is 0.477 e. The molecule has 0 radical (unpaired) electrons. The molecule has 0 fully saturated rings. The molecule has 0 aromatic heterocycles. The van der Waals surface area contributed by atoms with Crippen molar-refractivity contribution >= 4 is 21.7 Å². The summed E-state index contributed by atoms with van der Waals surface area (Å²) in [5.74, 6) is -6.72. The van der Waals surface area contributed by atoms with E-state index < -0.39 is 56.0 Å². The van der Waals surface area contributed by atoms with E-state index in [9.17, 15) is 26.8 Å². The first-order valence-electron chi connectivity index (χ1n) is 4.89. The summed E-state index contributed by atoms with van der Waals surface area (Å²) in [7, 11) is -4.26. The highest BCUT2D eigenvalue weighted by molar-refractivity contribution is 7.91. The maximum atomic E-state index is 13.7. The third-order valence-electron chi connectivity index (χ3n) is 2.22. The van der Waals surface area contributed by atoms with Gasteiger partial charge in [-0.15, -0.1) is 0 Å². The molecule has 6 nitrogen and oxygen atoms in total. The van der Waals surface area contributed by atoms with Crippen LogP contribution in [0.5, 0.6) is 0 Å². The highest BCUT2D eigenvalue weighted by Crippen LogP contribution is 2.22. The molecule has 3 N–H and O–H groups in total. The van der Waals surface area contributed by atoms with E-state index in [1.54, 1.807) is 0 Å². The summed E-state index contributed by atoms with van der Waals surface area (Å²) in [5.41, 5.74) is 3.41. The zero-order valence-electron chi connectivity index (χ0n) is 9.39. The fraction of sp³-hybridized carbons (Fsp3) is 0.200. The second-order valence-electron chi connectivity index (χ2n) is 3.57. The number of primary amides is 1. The first-order chi connectivity index (χ1) is 8.66. The first-order valence-corrected chi connectivity index (χ1v) is 6.54. The number of carboxylic acid groups (broad SMARTS) is 1. The molecule has 0 atom stereocenters. The van der Waals surface area contributed by atoms with Crippen LogP contribution in [0.25, 0.3) is 0 Å². The first kappa shape index (κ1) is 15.0. The number of hydrogen-bond donors (Lipinski definition) is 2. The van der Waals surface area contributed by atoms with Crippen LogP contribution in [-0.4, -0.2) is 31.2 Å². The number of rotatable bonds is 5. The predicted molar refractivity (Wildman–Crippen MR) is 59.2 cm³/mol. The molecule has 9 heteroatoms. The third kappa shape index (κ3) is 3.25. The van der Waals surface area contributed by atoms with Crippen molar-refractivity contribution in [2.24, 2.45) is 5.73 Å². The van der Waals surface area contributed by atoms with Crippen LogP contribution in [0, 0.1) is 11.6 Å². The minimum atomic E-state index is -4.26. The number of amides is 1. The number of halogens is 2. The Hall–Kier alpha value is -2.03. The predicted octanol–water partition coefficient (Wildman–Crippen LogP) is 0.312. The summed E-state index contributed by atoms with van der Waals surface area (Å²) in [6.07, 6.45) is -0.554. The van der Waals surface area contributed by atoms with Gasteiger partial charge < -0.3 is 10.8 Å². The zero-order valence-corrected chi connectivity index (χ0v) is 10.2. The molecular formula is C10H9F2NO5S. The maximum Gasteiger partial charge on any atom is 0.341 e. The Kier molecular flexibility index (Phi) is 4.20. The molecule has 0 aliphatic carbocycles. The second kappa shape index (κ2) is 5.31. The van der Waals surface area contributed by atoms with E-state index in [4.69, 9.17) is 10.8 Å². The maximum absolute atomic E-state index is 13.7. The smallest absolute Gasteiger partial charge is 0.341 e. The minimum absolute atomic E-state index is 0.531. The van der Waals surface area contributed by atoms with Gasteiger partial charge >= 0.3 is 5.97 Å². The molecule has 0 saturated heterocycles. The van der Waals surface area contributed by atoms with E-state index >= 15 is 0 Å². The summed E-state index contributed by atoms with van der Waals surface area (Å²) in [5, 5.41) is 8.61. The van der Waals surface area contributed by atoms with Crippen molar-refractivity contribution in [2.45, 2.75) is 11.3 Å². The molecule has 0 unspecified atom stereocenters. The molecule has 0 heterocycles. The van der Waals surface area contributed by atoms with Gasteiger partial charge in [-0.05, 0) is 12.1 Å². The van der Waals surface area contributed by atoms with Gasteiger partial charge in [-0.1, -0.05) is 0 Å². The molecule has 0 spiro atoms. The van der Waals surface area contributed by atoms with Gasteiger partial charge in [-0.3, -0.25) is 4.79 Å². The van der Waals surface area contributed by atoms with Gasteiger partial charge in [0.05, 0.1) is 5.75 Å². The quantitative estimate of drug-likeness (QED) is 0.758. The van der Waals surface area contributed by atoms with Crippen LogP contribution in [0.4, 0.5) is 8.78 Å². The third-order valence-corrected chi connectivity index (χ3v) is 3.95. The summed E-state index contributed by atoms with van der Waals surface area (Å²) in [6.45, 7) is 0. The minimum Gasteiger partial charge on any atom is -0.477 e. The van der Waals surface area contributed by atoms with Crippen molar-refractivity contribution < 1.29 is 31.9 Å². The molecule has 0 saturated carbocycles. The van der Waals surface area contributed by atoms with Gasteiger partial charge in [0, 0.05) is 6.42 Å². The van der Waals surface area contributed by atoms with Crippen LogP contribution in [0.2, 0.25) is 0 Å². The standard InChI is InChI=1S/C10H9F2NO5S/c11-5-1-2-6(9(12)8(5)10(15)16)19(17,18)4-3-7(13)14/h1-2H,3-4H2,(H2,13,14)(H,15,16). The highest BCUT2D eigenvalue weighted by Gasteiger charge is 2.27. The second-order valence-corrected chi connectivity index (χ2v) is 5.65. The van der Waals surface area contributed by atoms with Gasteiger partial charge in [0.25, 0.3) is 0 Å². The van der Waals surface area contributed by atoms with Crippen molar-refractivity contribution in [3.8, 4) is 0 Å². The lowest BCUT2D eigenvalue weighted by atomic mass is 10.2. The molecule has 0 bridgehead atoms. The van der Waals surface area contributed by atoms with Crippen LogP contribution in [0.3, 0.4) is 0 Å². The monoisotopic (exact) mass is 293 g/mol. The van der Waals surface area contributed by atoms with Crippen molar-refractivity contribution in [1.82, 2.24) is 0 Å². The lowest BCUT2D eigenvalue weighted by molar-refractivity contribution is -0.117. The van der Waals surface area contributed by atoms with Crippen LogP contribution in [-0.2, 0) is 14.6 Å². The zero-order chi connectivity index (χ0) is 14.8. The fourth-order valence-corrected chi connectivity index (χ4v) is 2.65. The Morgan fingerprint density at radius 2 is 1.84 bits per heavy atom. The molecule has 104 valence electrons. The number of benzene rings is 1. The molecule has 0 aliphatic heterocycles. The van der Waals surface area contributed by atoms with E-state index in [2.05, 4.69) is 0 Å². The summed E-state index contributed by atoms with van der Waals surface area (Å²) in [6, 6.07) is 1.14. The Morgan fingerprint density at radius 3 is 2.32 bits per heavy atom. The number of nitrogens with two attached hydrogens (primary N) is 1. The lowest BCUT2D eigenvalue weighted by Crippen LogP contribution is -2.19. The van der Waals surface area contributed by atoms with Crippen LogP contribution in [0.1, 0.15) is 16.8 Å². The highest BCUT2D eigenvalue weighted by atomic mass is 32.2. The van der Waals surface area contributed by atoms with Gasteiger partial charge in [-0.25, -0.2) is 22.0 Å². The average molecular weight is 293 g/mol. The average Bonchev–Trinajstić information content (AvgIpc) is 2.25. The Morgan fingerprint density at radius 1 is 1.26 bits per heavy atom. The van der Waals surface area contributed by atoms with E-state index in [0.29, 0.717) is 12.1 Å². The fourth-order valence-electron chi connectivity index (χ4n) is 1.31. The Labute approximate surface area is 106 Å². The molecule has 0 aliphatic rings. The summed E-state index contributed by atoms with van der Waals surface area (Å²) < 4.78 is 50.1.